The molecule has 2 aromatic rings. The van der Waals surface area contributed by atoms with E-state index < -0.39 is 11.2 Å². The van der Waals surface area contributed by atoms with Crippen LogP contribution in [0.3, 0.4) is 0 Å². The van der Waals surface area contributed by atoms with Gasteiger partial charge in [0.25, 0.3) is 5.56 Å². The van der Waals surface area contributed by atoms with Crippen molar-refractivity contribution < 1.29 is 4.79 Å². The molecule has 0 aliphatic carbocycles. The molecular weight excluding hydrogens is 406 g/mol. The summed E-state index contributed by atoms with van der Waals surface area (Å²) in [7, 11) is 0. The molecule has 0 spiro atoms. The number of nitrogens with one attached hydrogen (secondary N) is 2. The standard InChI is InChI=1S/C21H30ClN5O3/c1-13(2)10-26(12-17(28)24-9-15-5-7-16(22)8-6-15)18-19(23)27(11-14(3)4)21(30)25-20(18)29/h5-8,13-14H,9-12,23H2,1-4H3,(H,24,28)(H,25,29,30). The molecule has 30 heavy (non-hydrogen) atoms. The number of nitrogens with zero attached hydrogens (tertiary/aromatic N) is 2. The minimum Gasteiger partial charge on any atom is -0.383 e. The van der Waals surface area contributed by atoms with Gasteiger partial charge in [0.2, 0.25) is 5.91 Å². The second-order valence-corrected chi connectivity index (χ2v) is 8.61. The van der Waals surface area contributed by atoms with E-state index in [1.165, 1.54) is 4.57 Å². The van der Waals surface area contributed by atoms with E-state index in [0.717, 1.165) is 5.56 Å². The molecule has 1 heterocycles. The largest absolute Gasteiger partial charge is 0.383 e. The molecule has 0 saturated heterocycles. The van der Waals surface area contributed by atoms with Crippen molar-refractivity contribution in [1.29, 1.82) is 0 Å². The Morgan fingerprint density at radius 1 is 1.17 bits per heavy atom. The molecule has 0 aliphatic heterocycles. The fourth-order valence-electron chi connectivity index (χ4n) is 3.14. The minimum absolute atomic E-state index is 0.0566. The highest BCUT2D eigenvalue weighted by molar-refractivity contribution is 6.30. The average Bonchev–Trinajstić information content (AvgIpc) is 2.64. The molecule has 9 heteroatoms. The number of benzene rings is 1. The van der Waals surface area contributed by atoms with Crippen LogP contribution in [-0.2, 0) is 17.9 Å². The van der Waals surface area contributed by atoms with Crippen LogP contribution in [0.1, 0.15) is 33.3 Å². The Morgan fingerprint density at radius 2 is 1.80 bits per heavy atom. The van der Waals surface area contributed by atoms with Gasteiger partial charge in [0.1, 0.15) is 11.5 Å². The van der Waals surface area contributed by atoms with Gasteiger partial charge in [-0.2, -0.15) is 0 Å². The molecule has 0 saturated carbocycles. The number of rotatable bonds is 9. The molecule has 0 atom stereocenters. The Balaban J connectivity index is 2.26. The quantitative estimate of drug-likeness (QED) is 0.558. The Morgan fingerprint density at radius 3 is 2.37 bits per heavy atom. The summed E-state index contributed by atoms with van der Waals surface area (Å²) in [6.07, 6.45) is 0. The molecule has 0 bridgehead atoms. The fourth-order valence-corrected chi connectivity index (χ4v) is 3.26. The Labute approximate surface area is 181 Å². The zero-order valence-corrected chi connectivity index (χ0v) is 18.6. The predicted molar refractivity (Wildman–Crippen MR) is 121 cm³/mol. The van der Waals surface area contributed by atoms with E-state index in [9.17, 15) is 14.4 Å². The van der Waals surface area contributed by atoms with Crippen LogP contribution in [-0.4, -0.2) is 28.5 Å². The number of hydrogen-bond acceptors (Lipinski definition) is 5. The first kappa shape index (κ1) is 23.5. The van der Waals surface area contributed by atoms with E-state index in [0.29, 0.717) is 24.7 Å². The lowest BCUT2D eigenvalue weighted by Gasteiger charge is -2.27. The number of aromatic nitrogens is 2. The van der Waals surface area contributed by atoms with E-state index in [4.69, 9.17) is 17.3 Å². The highest BCUT2D eigenvalue weighted by atomic mass is 35.5. The molecule has 4 N–H and O–H groups in total. The second kappa shape index (κ2) is 10.3. The predicted octanol–water partition coefficient (Wildman–Crippen LogP) is 2.21. The van der Waals surface area contributed by atoms with Gasteiger partial charge < -0.3 is 16.0 Å². The topological polar surface area (TPSA) is 113 Å². The summed E-state index contributed by atoms with van der Waals surface area (Å²) in [4.78, 5) is 41.4. The van der Waals surface area contributed by atoms with Crippen LogP contribution >= 0.6 is 11.6 Å². The summed E-state index contributed by atoms with van der Waals surface area (Å²) in [5.41, 5.74) is 6.13. The lowest BCUT2D eigenvalue weighted by atomic mass is 10.2. The van der Waals surface area contributed by atoms with E-state index in [-0.39, 0.29) is 35.8 Å². The summed E-state index contributed by atoms with van der Waals surface area (Å²) in [5.74, 6) is 0.137. The first-order valence-corrected chi connectivity index (χ1v) is 10.3. The van der Waals surface area contributed by atoms with E-state index in [1.807, 2.05) is 39.8 Å². The third-order valence-corrected chi connectivity index (χ3v) is 4.65. The zero-order valence-electron chi connectivity index (χ0n) is 17.9. The summed E-state index contributed by atoms with van der Waals surface area (Å²) >= 11 is 5.88. The molecular formula is C21H30ClN5O3. The van der Waals surface area contributed by atoms with Crippen molar-refractivity contribution in [3.8, 4) is 0 Å². The van der Waals surface area contributed by atoms with Crippen LogP contribution in [0, 0.1) is 11.8 Å². The highest BCUT2D eigenvalue weighted by Crippen LogP contribution is 2.19. The van der Waals surface area contributed by atoms with Gasteiger partial charge in [0.15, 0.2) is 0 Å². The van der Waals surface area contributed by atoms with Gasteiger partial charge in [-0.05, 0) is 29.5 Å². The van der Waals surface area contributed by atoms with Gasteiger partial charge in [-0.1, -0.05) is 51.4 Å². The third-order valence-electron chi connectivity index (χ3n) is 4.40. The van der Waals surface area contributed by atoms with Crippen molar-refractivity contribution >= 4 is 29.0 Å². The van der Waals surface area contributed by atoms with Crippen molar-refractivity contribution in [2.75, 3.05) is 23.7 Å². The van der Waals surface area contributed by atoms with Gasteiger partial charge in [0, 0.05) is 24.7 Å². The normalized spacial score (nSPS) is 11.2. The number of nitrogen functional groups attached to an aromatic ring is 1. The molecule has 0 aliphatic rings. The van der Waals surface area contributed by atoms with Crippen molar-refractivity contribution in [2.24, 2.45) is 11.8 Å². The summed E-state index contributed by atoms with van der Waals surface area (Å²) in [6.45, 7) is 8.94. The van der Waals surface area contributed by atoms with E-state index >= 15 is 0 Å². The molecule has 2 rings (SSSR count). The first-order valence-electron chi connectivity index (χ1n) is 9.97. The molecule has 1 aromatic heterocycles. The number of anilines is 2. The van der Waals surface area contributed by atoms with Crippen LogP contribution in [0.4, 0.5) is 11.5 Å². The van der Waals surface area contributed by atoms with Crippen molar-refractivity contribution in [3.05, 3.63) is 55.7 Å². The summed E-state index contributed by atoms with van der Waals surface area (Å²) in [5, 5.41) is 3.47. The SMILES string of the molecule is CC(C)CN(CC(=O)NCc1ccc(Cl)cc1)c1c(N)n(CC(C)C)c(=O)[nH]c1=O. The Bertz CT molecular complexity index is 980. The third kappa shape index (κ3) is 6.38. The maximum atomic E-state index is 12.6. The van der Waals surface area contributed by atoms with Crippen LogP contribution in [0.15, 0.2) is 33.9 Å². The molecule has 1 aromatic carbocycles. The van der Waals surface area contributed by atoms with Gasteiger partial charge in [0.05, 0.1) is 6.54 Å². The maximum Gasteiger partial charge on any atom is 0.330 e. The highest BCUT2D eigenvalue weighted by Gasteiger charge is 2.22. The average molecular weight is 436 g/mol. The molecule has 164 valence electrons. The number of hydrogen-bond donors (Lipinski definition) is 3. The van der Waals surface area contributed by atoms with Crippen LogP contribution < -0.4 is 27.2 Å². The number of H-pyrrole nitrogens is 1. The second-order valence-electron chi connectivity index (χ2n) is 8.18. The summed E-state index contributed by atoms with van der Waals surface area (Å²) in [6, 6.07) is 7.18. The van der Waals surface area contributed by atoms with Gasteiger partial charge in [-0.25, -0.2) is 4.79 Å². The van der Waals surface area contributed by atoms with Crippen molar-refractivity contribution in [3.63, 3.8) is 0 Å². The maximum absolute atomic E-state index is 12.6. The number of carbonyl (C=O) groups excluding carboxylic acids is 1. The molecule has 0 radical (unpaired) electrons. The number of amides is 1. The number of carbonyl (C=O) groups is 1. The van der Waals surface area contributed by atoms with Crippen LogP contribution in [0.25, 0.3) is 0 Å². The lowest BCUT2D eigenvalue weighted by molar-refractivity contribution is -0.119. The van der Waals surface area contributed by atoms with Crippen LogP contribution in [0.5, 0.6) is 0 Å². The van der Waals surface area contributed by atoms with Crippen LogP contribution in [0.2, 0.25) is 5.02 Å². The van der Waals surface area contributed by atoms with Gasteiger partial charge >= 0.3 is 5.69 Å². The lowest BCUT2D eigenvalue weighted by Crippen LogP contribution is -2.44. The number of nitrogens with two attached hydrogens (primary N) is 1. The van der Waals surface area contributed by atoms with Crippen molar-refractivity contribution in [2.45, 2.75) is 40.8 Å². The monoisotopic (exact) mass is 435 g/mol. The molecule has 0 unspecified atom stereocenters. The number of halogens is 1. The van der Waals surface area contributed by atoms with E-state index in [2.05, 4.69) is 10.3 Å². The Kier molecular flexibility index (Phi) is 8.11. The molecule has 0 fully saturated rings. The number of aromatic amines is 1. The molecule has 8 nitrogen and oxygen atoms in total. The van der Waals surface area contributed by atoms with Crippen molar-refractivity contribution in [1.82, 2.24) is 14.9 Å². The molecule has 1 amide bonds. The zero-order chi connectivity index (χ0) is 22.4. The fraction of sp³-hybridized carbons (Fsp3) is 0.476. The van der Waals surface area contributed by atoms with Gasteiger partial charge in [-0.15, -0.1) is 0 Å². The smallest absolute Gasteiger partial charge is 0.330 e. The Hall–Kier alpha value is -2.74. The summed E-state index contributed by atoms with van der Waals surface area (Å²) < 4.78 is 1.35. The van der Waals surface area contributed by atoms with Gasteiger partial charge in [-0.3, -0.25) is 19.1 Å². The van der Waals surface area contributed by atoms with E-state index in [1.54, 1.807) is 17.0 Å². The first-order chi connectivity index (χ1) is 14.1. The minimum atomic E-state index is -0.594.